The Morgan fingerprint density at radius 1 is 0.976 bits per heavy atom. The van der Waals surface area contributed by atoms with Crippen molar-refractivity contribution in [3.05, 3.63) is 65.7 Å². The number of carbonyl (C=O) groups excluding carboxylic acids is 1. The Labute approximate surface area is 240 Å². The third-order valence-electron chi connectivity index (χ3n) is 6.04. The third kappa shape index (κ3) is 12.0. The summed E-state index contributed by atoms with van der Waals surface area (Å²) >= 11 is 0. The molecule has 41 heavy (non-hydrogen) atoms. The molecule has 0 aromatic heterocycles. The minimum Gasteiger partial charge on any atom is -0.462 e. The minimum absolute atomic E-state index is 0.0507. The third-order valence-corrected chi connectivity index (χ3v) is 9.08. The Bertz CT molecular complexity index is 1370. The van der Waals surface area contributed by atoms with Crippen LogP contribution in [0.15, 0.2) is 64.4 Å². The first-order valence-electron chi connectivity index (χ1n) is 13.0. The summed E-state index contributed by atoms with van der Waals surface area (Å²) in [6.45, 7) is 7.99. The molecule has 1 aliphatic heterocycles. The molecule has 2 aromatic carbocycles. The second kappa shape index (κ2) is 14.9. The Hall–Kier alpha value is -2.74. The average molecular weight is 619 g/mol. The molecule has 0 unspecified atom stereocenters. The first kappa shape index (κ1) is 34.5. The smallest absolute Gasteiger partial charge is 0.416 e. The molecule has 0 atom stereocenters. The van der Waals surface area contributed by atoms with Crippen molar-refractivity contribution in [3.8, 4) is 0 Å². The van der Waals surface area contributed by atoms with E-state index < -0.39 is 42.9 Å². The summed E-state index contributed by atoms with van der Waals surface area (Å²) in [7, 11) is -7.77. The van der Waals surface area contributed by atoms with Gasteiger partial charge in [-0.25, -0.2) is 21.6 Å². The van der Waals surface area contributed by atoms with E-state index in [1.165, 1.54) is 24.3 Å². The molecule has 0 aliphatic carbocycles. The maximum absolute atomic E-state index is 13.5. The number of hydrogen-bond donors (Lipinski definition) is 2. The number of carbonyl (C=O) groups is 1. The van der Waals surface area contributed by atoms with E-state index in [-0.39, 0.29) is 21.9 Å². The van der Waals surface area contributed by atoms with Gasteiger partial charge in [-0.2, -0.15) is 13.2 Å². The number of alkyl halides is 3. The summed E-state index contributed by atoms with van der Waals surface area (Å²) in [5.41, 5.74) is -1.79. The summed E-state index contributed by atoms with van der Waals surface area (Å²) in [5.74, 6) is -0.0882. The fourth-order valence-corrected chi connectivity index (χ4v) is 6.15. The molecule has 13 heteroatoms. The van der Waals surface area contributed by atoms with Crippen molar-refractivity contribution < 1.29 is 39.5 Å². The van der Waals surface area contributed by atoms with Crippen molar-refractivity contribution in [2.24, 2.45) is 5.92 Å². The summed E-state index contributed by atoms with van der Waals surface area (Å²) in [5, 5.41) is 3.24. The molecule has 0 radical (unpaired) electrons. The van der Waals surface area contributed by atoms with E-state index in [0.717, 1.165) is 50.2 Å². The van der Waals surface area contributed by atoms with Gasteiger partial charge in [0.15, 0.2) is 0 Å². The van der Waals surface area contributed by atoms with Crippen molar-refractivity contribution in [2.45, 2.75) is 61.6 Å². The first-order chi connectivity index (χ1) is 19.0. The first-order valence-corrected chi connectivity index (χ1v) is 16.2. The monoisotopic (exact) mass is 618 g/mol. The molecule has 0 bridgehead atoms. The Morgan fingerprint density at radius 3 is 2.15 bits per heavy atom. The van der Waals surface area contributed by atoms with Crippen LogP contribution in [0.25, 0.3) is 6.08 Å². The van der Waals surface area contributed by atoms with Crippen LogP contribution in [-0.2, 0) is 35.6 Å². The highest BCUT2D eigenvalue weighted by Gasteiger charge is 2.33. The lowest BCUT2D eigenvalue weighted by Crippen LogP contribution is -2.32. The molecule has 1 aliphatic rings. The van der Waals surface area contributed by atoms with E-state index in [1.54, 1.807) is 6.07 Å². The van der Waals surface area contributed by atoms with Gasteiger partial charge in [-0.15, -0.1) is 0 Å². The normalized spacial score (nSPS) is 15.3. The predicted octanol–water partition coefficient (Wildman–Crippen LogP) is 4.82. The highest BCUT2D eigenvalue weighted by atomic mass is 32.2. The van der Waals surface area contributed by atoms with Gasteiger partial charge in [-0.05, 0) is 94.9 Å². The highest BCUT2D eigenvalue weighted by molar-refractivity contribution is 7.91. The van der Waals surface area contributed by atoms with Crippen molar-refractivity contribution >= 4 is 32.4 Å². The zero-order valence-corrected chi connectivity index (χ0v) is 24.9. The van der Waals surface area contributed by atoms with Crippen LogP contribution in [0.2, 0.25) is 0 Å². The second-order valence-electron chi connectivity index (χ2n) is 10.4. The van der Waals surface area contributed by atoms with Crippen molar-refractivity contribution in [2.75, 3.05) is 25.4 Å². The molecule has 0 spiro atoms. The summed E-state index contributed by atoms with van der Waals surface area (Å²) in [6.07, 6.45) is 0.00626. The summed E-state index contributed by atoms with van der Waals surface area (Å²) < 4.78 is 97.6. The number of benzene rings is 2. The van der Waals surface area contributed by atoms with E-state index in [4.69, 9.17) is 0 Å². The van der Waals surface area contributed by atoms with Gasteiger partial charge in [0.25, 0.3) is 6.47 Å². The molecule has 1 heterocycles. The van der Waals surface area contributed by atoms with Crippen molar-refractivity contribution in [3.63, 3.8) is 0 Å². The number of nitrogens with one attached hydrogen (secondary N) is 2. The molecule has 0 saturated carbocycles. The Kier molecular flexibility index (Phi) is 12.6. The van der Waals surface area contributed by atoms with Crippen LogP contribution in [0.4, 0.5) is 13.2 Å². The number of hydrogen-bond acceptors (Lipinski definition) is 7. The number of rotatable bonds is 10. The molecule has 2 N–H and O–H groups in total. The quantitative estimate of drug-likeness (QED) is 0.367. The molecule has 2 aromatic rings. The van der Waals surface area contributed by atoms with Crippen LogP contribution in [0.3, 0.4) is 0 Å². The largest absolute Gasteiger partial charge is 0.462 e. The zero-order chi connectivity index (χ0) is 30.7. The molecular weight excluding hydrogens is 581 g/mol. The second-order valence-corrected chi connectivity index (χ2v) is 14.3. The van der Waals surface area contributed by atoms with Crippen LogP contribution in [-0.4, -0.2) is 54.3 Å². The number of halogens is 3. The molecule has 8 nitrogen and oxygen atoms in total. The number of sulfonamides is 1. The molecule has 1 fully saturated rings. The topological polar surface area (TPSA) is 119 Å². The van der Waals surface area contributed by atoms with Gasteiger partial charge in [0.1, 0.15) is 5.60 Å². The summed E-state index contributed by atoms with van der Waals surface area (Å²) in [6, 6.07) is 9.87. The molecular formula is C28H37F3N2O6S2. The lowest BCUT2D eigenvalue weighted by atomic mass is 9.95. The van der Waals surface area contributed by atoms with Gasteiger partial charge in [0.05, 0.1) is 21.1 Å². The van der Waals surface area contributed by atoms with Crippen LogP contribution >= 0.6 is 0 Å². The number of ether oxygens (including phenoxy) is 1. The van der Waals surface area contributed by atoms with Crippen LogP contribution < -0.4 is 10.0 Å². The van der Waals surface area contributed by atoms with E-state index in [2.05, 4.69) is 14.8 Å². The van der Waals surface area contributed by atoms with Gasteiger partial charge in [-0.3, -0.25) is 4.79 Å². The lowest BCUT2D eigenvalue weighted by Gasteiger charge is -2.22. The van der Waals surface area contributed by atoms with Gasteiger partial charge in [-0.1, -0.05) is 30.4 Å². The highest BCUT2D eigenvalue weighted by Crippen LogP contribution is 2.35. The van der Waals surface area contributed by atoms with Crippen molar-refractivity contribution in [1.82, 2.24) is 10.0 Å². The zero-order valence-electron chi connectivity index (χ0n) is 23.3. The molecule has 3 rings (SSSR count). The van der Waals surface area contributed by atoms with Crippen LogP contribution in [0, 0.1) is 5.92 Å². The van der Waals surface area contributed by atoms with Crippen LogP contribution in [0.1, 0.15) is 51.2 Å². The van der Waals surface area contributed by atoms with E-state index >= 15 is 0 Å². The molecule has 228 valence electrons. The van der Waals surface area contributed by atoms with Gasteiger partial charge in [0.2, 0.25) is 19.9 Å². The number of piperidine rings is 1. The number of sulfone groups is 1. The maximum Gasteiger partial charge on any atom is 0.416 e. The molecule has 1 saturated heterocycles. The average Bonchev–Trinajstić information content (AvgIpc) is 2.88. The van der Waals surface area contributed by atoms with Crippen LogP contribution in [0.5, 0.6) is 0 Å². The van der Waals surface area contributed by atoms with Gasteiger partial charge >= 0.3 is 6.18 Å². The maximum atomic E-state index is 13.5. The van der Waals surface area contributed by atoms with Gasteiger partial charge < -0.3 is 10.1 Å². The van der Waals surface area contributed by atoms with E-state index in [9.17, 15) is 34.8 Å². The van der Waals surface area contributed by atoms with E-state index in [1.807, 2.05) is 20.8 Å². The van der Waals surface area contributed by atoms with E-state index in [0.29, 0.717) is 24.9 Å². The standard InChI is InChI=1S/C23H27F3N2O4S2.C5H10O2/c24-23(25,26)22-9-8-21(34(31,32)20-6-2-1-3-7-20)17-19(22)5-4-16-33(29,30)28-15-12-18-10-13-27-14-11-18;1-5(2,3)7-4-6/h1-9,17-18,27-28H,10-16H2;4H,1-3H3. The minimum atomic E-state index is -4.74. The Balaban J connectivity index is 0.000000745. The SMILES string of the molecule is CC(C)(C)OC=O.O=S(=O)(CC=Cc1cc(S(=O)(=O)c2ccccc2)ccc1C(F)(F)F)NCCC1CCNCC1. The fraction of sp³-hybridized carbons (Fsp3) is 0.464. The van der Waals surface area contributed by atoms with Gasteiger partial charge in [0, 0.05) is 6.54 Å². The summed E-state index contributed by atoms with van der Waals surface area (Å²) in [4.78, 5) is 9.24. The fourth-order valence-electron chi connectivity index (χ4n) is 3.93. The van der Waals surface area contributed by atoms with Crippen molar-refractivity contribution in [1.29, 1.82) is 0 Å². The predicted molar refractivity (Wildman–Crippen MR) is 151 cm³/mol. The molecule has 0 amide bonds. The lowest BCUT2D eigenvalue weighted by molar-refractivity contribution is -0.139. The Morgan fingerprint density at radius 2 is 1.61 bits per heavy atom.